The van der Waals surface area contributed by atoms with E-state index in [1.54, 1.807) is 50.6 Å². The van der Waals surface area contributed by atoms with Gasteiger partial charge in [-0.2, -0.15) is 0 Å². The molecule has 0 aliphatic rings. The Bertz CT molecular complexity index is 1940. The molecule has 0 unspecified atom stereocenters. The van der Waals surface area contributed by atoms with Crippen LogP contribution < -0.4 is 30.2 Å². The summed E-state index contributed by atoms with van der Waals surface area (Å²) in [5.41, 5.74) is 3.60. The highest BCUT2D eigenvalue weighted by molar-refractivity contribution is 5.90. The first-order chi connectivity index (χ1) is 20.4. The highest BCUT2D eigenvalue weighted by Crippen LogP contribution is 2.36. The van der Waals surface area contributed by atoms with Crippen molar-refractivity contribution >= 4 is 21.9 Å². The van der Waals surface area contributed by atoms with Gasteiger partial charge in [-0.3, -0.25) is 0 Å². The van der Waals surface area contributed by atoms with Crippen molar-refractivity contribution in [2.75, 3.05) is 28.4 Å². The van der Waals surface area contributed by atoms with E-state index < -0.39 is 11.3 Å². The third kappa shape index (κ3) is 4.73. The lowest BCUT2D eigenvalue weighted by atomic mass is 9.96. The smallest absolute Gasteiger partial charge is 0.344 e. The van der Waals surface area contributed by atoms with Crippen LogP contribution in [0.15, 0.2) is 103 Å². The maximum atomic E-state index is 13.0. The Labute approximate surface area is 240 Å². The van der Waals surface area contributed by atoms with Gasteiger partial charge in [0.05, 0.1) is 50.3 Å². The van der Waals surface area contributed by atoms with Crippen molar-refractivity contribution in [1.29, 1.82) is 0 Å². The zero-order valence-electron chi connectivity index (χ0n) is 23.3. The van der Waals surface area contributed by atoms with Gasteiger partial charge < -0.3 is 27.8 Å². The first-order valence-electron chi connectivity index (χ1n) is 13.0. The van der Waals surface area contributed by atoms with Crippen molar-refractivity contribution in [2.24, 2.45) is 0 Å². The van der Waals surface area contributed by atoms with Gasteiger partial charge in [0.1, 0.15) is 34.2 Å². The van der Waals surface area contributed by atoms with Crippen LogP contribution >= 0.6 is 0 Å². The molecule has 0 bridgehead atoms. The predicted molar refractivity (Wildman–Crippen MR) is 161 cm³/mol. The standard InChI is InChI=1S/C34H26O8/c1-37-23-13-29(39-3)27-17-25(33(35)41-31(27)15-23)21-9-5-7-19(11-21)20-8-6-10-22(12-20)26-18-28-30(40-4)14-24(38-2)16-32(28)42-34(26)36/h5-18H,1-4H3. The summed E-state index contributed by atoms with van der Waals surface area (Å²) in [6.45, 7) is 0. The van der Waals surface area contributed by atoms with Crippen LogP contribution in [0.5, 0.6) is 23.0 Å². The second kappa shape index (κ2) is 10.8. The third-order valence-electron chi connectivity index (χ3n) is 7.17. The van der Waals surface area contributed by atoms with Crippen molar-refractivity contribution in [3.63, 3.8) is 0 Å². The summed E-state index contributed by atoms with van der Waals surface area (Å²) < 4.78 is 33.0. The molecule has 6 rings (SSSR count). The lowest BCUT2D eigenvalue weighted by Gasteiger charge is -2.11. The molecule has 8 nitrogen and oxygen atoms in total. The molecule has 6 aromatic rings. The van der Waals surface area contributed by atoms with Gasteiger partial charge in [0.2, 0.25) is 0 Å². The number of methoxy groups -OCH3 is 4. The maximum absolute atomic E-state index is 13.0. The summed E-state index contributed by atoms with van der Waals surface area (Å²) in [4.78, 5) is 26.1. The molecule has 0 radical (unpaired) electrons. The molecule has 0 atom stereocenters. The fourth-order valence-electron chi connectivity index (χ4n) is 5.03. The van der Waals surface area contributed by atoms with Crippen molar-refractivity contribution < 1.29 is 27.8 Å². The van der Waals surface area contributed by atoms with E-state index in [4.69, 9.17) is 27.8 Å². The molecule has 0 aliphatic heterocycles. The summed E-state index contributed by atoms with van der Waals surface area (Å²) in [5.74, 6) is 2.11. The van der Waals surface area contributed by atoms with Crippen LogP contribution in [0.2, 0.25) is 0 Å². The van der Waals surface area contributed by atoms with E-state index in [-0.39, 0.29) is 0 Å². The topological polar surface area (TPSA) is 97.3 Å². The number of ether oxygens (including phenoxy) is 4. The van der Waals surface area contributed by atoms with Crippen LogP contribution in [0, 0.1) is 0 Å². The van der Waals surface area contributed by atoms with E-state index in [9.17, 15) is 9.59 Å². The highest BCUT2D eigenvalue weighted by atomic mass is 16.5. The van der Waals surface area contributed by atoms with Crippen LogP contribution in [0.25, 0.3) is 55.3 Å². The van der Waals surface area contributed by atoms with Crippen molar-refractivity contribution in [3.05, 3.63) is 106 Å². The Kier molecular flexibility index (Phi) is 6.88. The molecule has 2 heterocycles. The van der Waals surface area contributed by atoms with E-state index in [2.05, 4.69) is 0 Å². The molecule has 4 aromatic carbocycles. The van der Waals surface area contributed by atoms with Gasteiger partial charge in [0.25, 0.3) is 0 Å². The van der Waals surface area contributed by atoms with Gasteiger partial charge >= 0.3 is 11.3 Å². The zero-order valence-corrected chi connectivity index (χ0v) is 23.3. The Morgan fingerprint density at radius 2 is 0.881 bits per heavy atom. The van der Waals surface area contributed by atoms with Gasteiger partial charge in [0.15, 0.2) is 0 Å². The fraction of sp³-hybridized carbons (Fsp3) is 0.118. The van der Waals surface area contributed by atoms with Gasteiger partial charge in [-0.25, -0.2) is 9.59 Å². The van der Waals surface area contributed by atoms with E-state index in [0.717, 1.165) is 11.1 Å². The Morgan fingerprint density at radius 3 is 1.26 bits per heavy atom. The SMILES string of the molecule is COc1cc(OC)c2cc(-c3cccc(-c4cccc(-c5cc6c(OC)cc(OC)cc6oc5=O)c4)c3)c(=O)oc2c1. The lowest BCUT2D eigenvalue weighted by Crippen LogP contribution is -2.04. The monoisotopic (exact) mass is 562 g/mol. The van der Waals surface area contributed by atoms with Crippen molar-refractivity contribution in [3.8, 4) is 56.4 Å². The first-order valence-corrected chi connectivity index (χ1v) is 13.0. The minimum atomic E-state index is -0.483. The quantitative estimate of drug-likeness (QED) is 0.193. The van der Waals surface area contributed by atoms with Gasteiger partial charge in [-0.05, 0) is 46.5 Å². The molecule has 0 saturated carbocycles. The number of fused-ring (bicyclic) bond motifs is 2. The molecule has 42 heavy (non-hydrogen) atoms. The fourth-order valence-corrected chi connectivity index (χ4v) is 5.03. The average molecular weight is 563 g/mol. The van der Waals surface area contributed by atoms with Crippen molar-refractivity contribution in [2.45, 2.75) is 0 Å². The molecular weight excluding hydrogens is 536 g/mol. The first kappa shape index (κ1) is 26.7. The van der Waals surface area contributed by atoms with E-state index in [0.29, 0.717) is 67.2 Å². The van der Waals surface area contributed by atoms with Crippen LogP contribution in [-0.2, 0) is 0 Å². The number of benzene rings is 4. The van der Waals surface area contributed by atoms with Gasteiger partial charge in [-0.1, -0.05) is 36.4 Å². The molecule has 2 aromatic heterocycles. The van der Waals surface area contributed by atoms with E-state index in [1.807, 2.05) is 48.5 Å². The van der Waals surface area contributed by atoms with Gasteiger partial charge in [-0.15, -0.1) is 0 Å². The molecule has 0 aliphatic carbocycles. The molecule has 0 fully saturated rings. The summed E-state index contributed by atoms with van der Waals surface area (Å²) in [7, 11) is 6.17. The average Bonchev–Trinajstić information content (AvgIpc) is 3.02. The van der Waals surface area contributed by atoms with Crippen LogP contribution in [-0.4, -0.2) is 28.4 Å². The minimum Gasteiger partial charge on any atom is -0.496 e. The zero-order chi connectivity index (χ0) is 29.4. The normalized spacial score (nSPS) is 11.0. The maximum Gasteiger partial charge on any atom is 0.344 e. The summed E-state index contributed by atoms with van der Waals surface area (Å²) >= 11 is 0. The minimum absolute atomic E-state index is 0.369. The molecule has 8 heteroatoms. The highest BCUT2D eigenvalue weighted by Gasteiger charge is 2.16. The number of hydrogen-bond acceptors (Lipinski definition) is 8. The number of rotatable bonds is 7. The molecule has 0 N–H and O–H groups in total. The van der Waals surface area contributed by atoms with Crippen LogP contribution in [0.4, 0.5) is 0 Å². The van der Waals surface area contributed by atoms with Crippen LogP contribution in [0.3, 0.4) is 0 Å². The van der Waals surface area contributed by atoms with E-state index >= 15 is 0 Å². The largest absolute Gasteiger partial charge is 0.496 e. The second-order valence-corrected chi connectivity index (χ2v) is 9.54. The predicted octanol–water partition coefficient (Wildman–Crippen LogP) is 6.93. The lowest BCUT2D eigenvalue weighted by molar-refractivity contribution is 0.395. The second-order valence-electron chi connectivity index (χ2n) is 9.54. The summed E-state index contributed by atoms with van der Waals surface area (Å²) in [6.07, 6.45) is 0. The van der Waals surface area contributed by atoms with Crippen molar-refractivity contribution in [1.82, 2.24) is 0 Å². The molecule has 0 amide bonds. The molecular formula is C34H26O8. The summed E-state index contributed by atoms with van der Waals surface area (Å²) in [5, 5.41) is 1.30. The molecule has 0 saturated heterocycles. The number of hydrogen-bond donors (Lipinski definition) is 0. The Balaban J connectivity index is 1.43. The summed E-state index contributed by atoms with van der Waals surface area (Å²) in [6, 6.07) is 25.4. The Hall–Kier alpha value is -5.50. The molecule has 0 spiro atoms. The molecule has 210 valence electrons. The van der Waals surface area contributed by atoms with Crippen LogP contribution in [0.1, 0.15) is 0 Å². The van der Waals surface area contributed by atoms with Gasteiger partial charge in [0, 0.05) is 24.3 Å². The van der Waals surface area contributed by atoms with E-state index in [1.165, 1.54) is 14.2 Å². The third-order valence-corrected chi connectivity index (χ3v) is 7.17. The Morgan fingerprint density at radius 1 is 0.476 bits per heavy atom.